The van der Waals surface area contributed by atoms with Crippen LogP contribution in [0.4, 0.5) is 4.39 Å². The molecule has 150 valence electrons. The minimum Gasteiger partial charge on any atom is -0.493 e. The summed E-state index contributed by atoms with van der Waals surface area (Å²) in [7, 11) is 4.41. The Labute approximate surface area is 166 Å². The van der Waals surface area contributed by atoms with Crippen LogP contribution in [0.1, 0.15) is 15.9 Å². The van der Waals surface area contributed by atoms with E-state index in [2.05, 4.69) is 20.7 Å². The van der Waals surface area contributed by atoms with Crippen molar-refractivity contribution in [1.82, 2.24) is 15.6 Å². The Morgan fingerprint density at radius 3 is 2.34 bits per heavy atom. The number of aromatic amines is 1. The van der Waals surface area contributed by atoms with Gasteiger partial charge in [0.25, 0.3) is 5.91 Å². The summed E-state index contributed by atoms with van der Waals surface area (Å²) < 4.78 is 28.8. The number of aromatic nitrogens is 2. The van der Waals surface area contributed by atoms with Crippen LogP contribution in [0, 0.1) is 5.82 Å². The lowest BCUT2D eigenvalue weighted by Gasteiger charge is -2.13. The fourth-order valence-corrected chi connectivity index (χ4v) is 2.68. The van der Waals surface area contributed by atoms with Crippen molar-refractivity contribution in [2.24, 2.45) is 5.10 Å². The predicted molar refractivity (Wildman–Crippen MR) is 105 cm³/mol. The number of hydrogen-bond donors (Lipinski definition) is 2. The lowest BCUT2D eigenvalue weighted by atomic mass is 10.1. The minimum absolute atomic E-state index is 0.280. The van der Waals surface area contributed by atoms with E-state index in [1.54, 1.807) is 18.3 Å². The Balaban J connectivity index is 1.77. The molecule has 3 rings (SSSR count). The SMILES string of the molecule is COc1cc(C(=O)NN=Cc2cn[nH]c2-c2ccc(F)cc2)cc(OC)c1OC. The van der Waals surface area contributed by atoms with E-state index in [1.165, 1.54) is 51.8 Å². The van der Waals surface area contributed by atoms with E-state index < -0.39 is 5.91 Å². The maximum absolute atomic E-state index is 13.1. The Hall–Kier alpha value is -3.88. The van der Waals surface area contributed by atoms with Gasteiger partial charge in [0, 0.05) is 16.7 Å². The molecule has 29 heavy (non-hydrogen) atoms. The van der Waals surface area contributed by atoms with Crippen LogP contribution in [-0.2, 0) is 0 Å². The quantitative estimate of drug-likeness (QED) is 0.471. The zero-order chi connectivity index (χ0) is 20.8. The number of benzene rings is 2. The molecule has 2 aromatic carbocycles. The van der Waals surface area contributed by atoms with Crippen molar-refractivity contribution in [2.75, 3.05) is 21.3 Å². The van der Waals surface area contributed by atoms with Gasteiger partial charge in [-0.2, -0.15) is 10.2 Å². The molecule has 2 N–H and O–H groups in total. The van der Waals surface area contributed by atoms with Gasteiger partial charge in [-0.05, 0) is 36.4 Å². The Bertz CT molecular complexity index is 1010. The molecule has 1 heterocycles. The monoisotopic (exact) mass is 398 g/mol. The molecule has 9 heteroatoms. The number of methoxy groups -OCH3 is 3. The normalized spacial score (nSPS) is 10.8. The first kappa shape index (κ1) is 19.9. The van der Waals surface area contributed by atoms with E-state index in [-0.39, 0.29) is 11.4 Å². The second kappa shape index (κ2) is 8.87. The maximum Gasteiger partial charge on any atom is 0.271 e. The van der Waals surface area contributed by atoms with Gasteiger partial charge in [-0.25, -0.2) is 9.82 Å². The van der Waals surface area contributed by atoms with Crippen molar-refractivity contribution in [3.8, 4) is 28.5 Å². The van der Waals surface area contributed by atoms with Crippen LogP contribution in [0.5, 0.6) is 17.2 Å². The molecule has 0 spiro atoms. The van der Waals surface area contributed by atoms with Crippen LogP contribution in [0.3, 0.4) is 0 Å². The van der Waals surface area contributed by atoms with Crippen LogP contribution in [0.2, 0.25) is 0 Å². The Morgan fingerprint density at radius 2 is 1.76 bits per heavy atom. The lowest BCUT2D eigenvalue weighted by Crippen LogP contribution is -2.18. The third-order valence-corrected chi connectivity index (χ3v) is 4.10. The molecule has 0 aliphatic carbocycles. The van der Waals surface area contributed by atoms with Crippen molar-refractivity contribution in [1.29, 1.82) is 0 Å². The summed E-state index contributed by atoms with van der Waals surface area (Å²) in [6, 6.07) is 8.98. The zero-order valence-corrected chi connectivity index (χ0v) is 16.0. The zero-order valence-electron chi connectivity index (χ0n) is 16.0. The van der Waals surface area contributed by atoms with Gasteiger partial charge in [-0.1, -0.05) is 0 Å². The van der Waals surface area contributed by atoms with E-state index >= 15 is 0 Å². The van der Waals surface area contributed by atoms with E-state index in [9.17, 15) is 9.18 Å². The molecular formula is C20H19FN4O4. The fraction of sp³-hybridized carbons (Fsp3) is 0.150. The van der Waals surface area contributed by atoms with Crippen LogP contribution >= 0.6 is 0 Å². The first-order chi connectivity index (χ1) is 14.1. The number of H-pyrrole nitrogens is 1. The van der Waals surface area contributed by atoms with Gasteiger partial charge in [0.2, 0.25) is 5.75 Å². The van der Waals surface area contributed by atoms with Gasteiger partial charge in [-0.3, -0.25) is 9.89 Å². The summed E-state index contributed by atoms with van der Waals surface area (Å²) in [4.78, 5) is 12.5. The molecule has 0 bridgehead atoms. The first-order valence-corrected chi connectivity index (χ1v) is 8.50. The number of hydrazone groups is 1. The summed E-state index contributed by atoms with van der Waals surface area (Å²) in [6.07, 6.45) is 2.99. The molecular weight excluding hydrogens is 379 g/mol. The number of amides is 1. The summed E-state index contributed by atoms with van der Waals surface area (Å²) >= 11 is 0. The molecule has 0 saturated heterocycles. The van der Waals surface area contributed by atoms with Crippen molar-refractivity contribution in [2.45, 2.75) is 0 Å². The van der Waals surface area contributed by atoms with Gasteiger partial charge in [-0.15, -0.1) is 0 Å². The molecule has 0 saturated carbocycles. The smallest absolute Gasteiger partial charge is 0.271 e. The maximum atomic E-state index is 13.1. The van der Waals surface area contributed by atoms with Crippen molar-refractivity contribution in [3.05, 3.63) is 59.5 Å². The highest BCUT2D eigenvalue weighted by molar-refractivity contribution is 5.96. The second-order valence-corrected chi connectivity index (χ2v) is 5.82. The summed E-state index contributed by atoms with van der Waals surface area (Å²) in [5, 5.41) is 10.8. The number of hydrogen-bond acceptors (Lipinski definition) is 6. The average Bonchev–Trinajstić information content (AvgIpc) is 3.21. The standard InChI is InChI=1S/C20H19FN4O4/c1-27-16-8-13(9-17(28-2)19(16)29-3)20(26)25-23-11-14-10-22-24-18(14)12-4-6-15(21)7-5-12/h4-11H,1-3H3,(H,22,24)(H,25,26). The molecule has 1 amide bonds. The van der Waals surface area contributed by atoms with Gasteiger partial charge in [0.05, 0.1) is 39.4 Å². The topological polar surface area (TPSA) is 97.8 Å². The summed E-state index contributed by atoms with van der Waals surface area (Å²) in [5.74, 6) is 0.301. The number of rotatable bonds is 7. The minimum atomic E-state index is -0.465. The highest BCUT2D eigenvalue weighted by Gasteiger charge is 2.16. The summed E-state index contributed by atoms with van der Waals surface area (Å²) in [5.41, 5.74) is 4.74. The second-order valence-electron chi connectivity index (χ2n) is 5.82. The number of carbonyl (C=O) groups is 1. The molecule has 1 aromatic heterocycles. The van der Waals surface area contributed by atoms with E-state index in [4.69, 9.17) is 14.2 Å². The summed E-state index contributed by atoms with van der Waals surface area (Å²) in [6.45, 7) is 0. The van der Waals surface area contributed by atoms with E-state index in [0.717, 1.165) is 5.56 Å². The van der Waals surface area contributed by atoms with Gasteiger partial charge >= 0.3 is 0 Å². The molecule has 0 fully saturated rings. The van der Waals surface area contributed by atoms with Gasteiger partial charge in [0.1, 0.15) is 5.82 Å². The Kier molecular flexibility index (Phi) is 6.08. The molecule has 0 aliphatic rings. The van der Waals surface area contributed by atoms with Crippen LogP contribution in [0.15, 0.2) is 47.7 Å². The molecule has 0 radical (unpaired) electrons. The average molecular weight is 398 g/mol. The number of halogens is 1. The highest BCUT2D eigenvalue weighted by atomic mass is 19.1. The number of carbonyl (C=O) groups excluding carboxylic acids is 1. The van der Waals surface area contributed by atoms with E-state index in [1.807, 2.05) is 0 Å². The number of ether oxygens (including phenoxy) is 3. The molecule has 0 atom stereocenters. The van der Waals surface area contributed by atoms with E-state index in [0.29, 0.717) is 28.5 Å². The third-order valence-electron chi connectivity index (χ3n) is 4.10. The number of nitrogens with zero attached hydrogens (tertiary/aromatic N) is 2. The van der Waals surface area contributed by atoms with Crippen molar-refractivity contribution in [3.63, 3.8) is 0 Å². The van der Waals surface area contributed by atoms with Crippen molar-refractivity contribution < 1.29 is 23.4 Å². The van der Waals surface area contributed by atoms with Crippen molar-refractivity contribution >= 4 is 12.1 Å². The molecule has 0 unspecified atom stereocenters. The number of nitrogens with one attached hydrogen (secondary N) is 2. The van der Waals surface area contributed by atoms with Crippen LogP contribution < -0.4 is 19.6 Å². The van der Waals surface area contributed by atoms with Crippen LogP contribution in [0.25, 0.3) is 11.3 Å². The van der Waals surface area contributed by atoms with Gasteiger partial charge < -0.3 is 14.2 Å². The molecule has 8 nitrogen and oxygen atoms in total. The molecule has 3 aromatic rings. The van der Waals surface area contributed by atoms with Gasteiger partial charge in [0.15, 0.2) is 11.5 Å². The lowest BCUT2D eigenvalue weighted by molar-refractivity contribution is 0.0954. The largest absolute Gasteiger partial charge is 0.493 e. The fourth-order valence-electron chi connectivity index (χ4n) is 2.68. The predicted octanol–water partition coefficient (Wildman–Crippen LogP) is 3.01. The third kappa shape index (κ3) is 4.34. The highest BCUT2D eigenvalue weighted by Crippen LogP contribution is 2.38. The molecule has 0 aliphatic heterocycles. The Morgan fingerprint density at radius 1 is 1.10 bits per heavy atom. The first-order valence-electron chi connectivity index (χ1n) is 8.50. The van der Waals surface area contributed by atoms with Crippen LogP contribution in [-0.4, -0.2) is 43.6 Å².